The summed E-state index contributed by atoms with van der Waals surface area (Å²) >= 11 is 0. The quantitative estimate of drug-likeness (QED) is 0.343. The highest BCUT2D eigenvalue weighted by Crippen LogP contribution is 2.10. The Hall–Kier alpha value is -2.04. The lowest BCUT2D eigenvalue weighted by molar-refractivity contribution is 0.311. The molecule has 1 aromatic rings. The Balaban J connectivity index is 2.12. The van der Waals surface area contributed by atoms with Crippen LogP contribution in [0.5, 0.6) is 5.75 Å². The standard InChI is InChI=1S/C14H20FN3O/c1-11(2)10-18-14(16)17-8-3-9-19-13-6-4-12(15)5-7-13/h4-7H,1,3,8-10H2,2H3,(H3,16,17,18). The zero-order valence-corrected chi connectivity index (χ0v) is 11.2. The van der Waals surface area contributed by atoms with Gasteiger partial charge in [-0.15, -0.1) is 0 Å². The summed E-state index contributed by atoms with van der Waals surface area (Å²) in [5, 5.41) is 2.98. The number of halogens is 1. The molecular weight excluding hydrogens is 245 g/mol. The Morgan fingerprint density at radius 1 is 1.42 bits per heavy atom. The molecule has 0 aromatic heterocycles. The van der Waals surface area contributed by atoms with Gasteiger partial charge < -0.3 is 15.8 Å². The Morgan fingerprint density at radius 2 is 2.11 bits per heavy atom. The van der Waals surface area contributed by atoms with Crippen LogP contribution >= 0.6 is 0 Å². The number of nitrogens with one attached hydrogen (secondary N) is 1. The fourth-order valence-electron chi connectivity index (χ4n) is 1.29. The Kier molecular flexibility index (Phi) is 6.43. The van der Waals surface area contributed by atoms with E-state index in [4.69, 9.17) is 10.5 Å². The van der Waals surface area contributed by atoms with Gasteiger partial charge in [0, 0.05) is 6.54 Å². The zero-order chi connectivity index (χ0) is 14.1. The summed E-state index contributed by atoms with van der Waals surface area (Å²) < 4.78 is 18.1. The molecule has 0 radical (unpaired) electrons. The zero-order valence-electron chi connectivity index (χ0n) is 11.2. The highest BCUT2D eigenvalue weighted by Gasteiger charge is 1.95. The van der Waals surface area contributed by atoms with E-state index in [0.717, 1.165) is 12.0 Å². The molecule has 0 fully saturated rings. The van der Waals surface area contributed by atoms with E-state index in [1.165, 1.54) is 12.1 Å². The molecule has 0 aliphatic heterocycles. The van der Waals surface area contributed by atoms with Crippen LogP contribution in [0.4, 0.5) is 4.39 Å². The first-order valence-electron chi connectivity index (χ1n) is 6.14. The molecule has 0 saturated heterocycles. The summed E-state index contributed by atoms with van der Waals surface area (Å²) in [5.41, 5.74) is 6.61. The van der Waals surface area contributed by atoms with Crippen LogP contribution in [0.1, 0.15) is 13.3 Å². The van der Waals surface area contributed by atoms with Gasteiger partial charge in [-0.3, -0.25) is 0 Å². The summed E-state index contributed by atoms with van der Waals surface area (Å²) in [6.45, 7) is 7.38. The lowest BCUT2D eigenvalue weighted by Crippen LogP contribution is -2.33. The maximum atomic E-state index is 12.6. The molecule has 4 nitrogen and oxygen atoms in total. The van der Waals surface area contributed by atoms with Crippen molar-refractivity contribution >= 4 is 5.96 Å². The number of guanidine groups is 1. The minimum absolute atomic E-state index is 0.268. The van der Waals surface area contributed by atoms with E-state index < -0.39 is 0 Å². The molecule has 1 aromatic carbocycles. The van der Waals surface area contributed by atoms with Gasteiger partial charge in [0.05, 0.1) is 13.2 Å². The van der Waals surface area contributed by atoms with E-state index in [9.17, 15) is 4.39 Å². The van der Waals surface area contributed by atoms with Crippen molar-refractivity contribution in [1.29, 1.82) is 0 Å². The Bertz CT molecular complexity index is 429. The van der Waals surface area contributed by atoms with Crippen molar-refractivity contribution in [2.45, 2.75) is 13.3 Å². The van der Waals surface area contributed by atoms with Crippen molar-refractivity contribution in [2.24, 2.45) is 10.7 Å². The Morgan fingerprint density at radius 3 is 2.74 bits per heavy atom. The van der Waals surface area contributed by atoms with Gasteiger partial charge in [0.25, 0.3) is 0 Å². The topological polar surface area (TPSA) is 59.6 Å². The molecule has 0 atom stereocenters. The summed E-state index contributed by atoms with van der Waals surface area (Å²) in [6, 6.07) is 5.95. The number of rotatable bonds is 7. The molecule has 0 heterocycles. The van der Waals surface area contributed by atoms with Crippen LogP contribution in [-0.4, -0.2) is 25.7 Å². The van der Waals surface area contributed by atoms with Gasteiger partial charge in [0.15, 0.2) is 5.96 Å². The SMILES string of the molecule is C=C(C)CN=C(N)NCCCOc1ccc(F)cc1. The van der Waals surface area contributed by atoms with Crippen molar-refractivity contribution < 1.29 is 9.13 Å². The maximum absolute atomic E-state index is 12.6. The molecule has 0 saturated carbocycles. The van der Waals surface area contributed by atoms with Crippen LogP contribution < -0.4 is 15.8 Å². The third kappa shape index (κ3) is 7.08. The van der Waals surface area contributed by atoms with Gasteiger partial charge in [-0.2, -0.15) is 0 Å². The number of benzene rings is 1. The average molecular weight is 265 g/mol. The summed E-state index contributed by atoms with van der Waals surface area (Å²) in [5.74, 6) is 0.797. The normalized spacial score (nSPS) is 11.2. The molecule has 0 amide bonds. The van der Waals surface area contributed by atoms with Crippen molar-refractivity contribution in [2.75, 3.05) is 19.7 Å². The Labute approximate surface area is 113 Å². The van der Waals surface area contributed by atoms with Crippen LogP contribution in [0.25, 0.3) is 0 Å². The molecule has 0 aliphatic carbocycles. The van der Waals surface area contributed by atoms with Gasteiger partial charge in [-0.1, -0.05) is 12.2 Å². The smallest absolute Gasteiger partial charge is 0.188 e. The second-order valence-electron chi connectivity index (χ2n) is 4.24. The summed E-state index contributed by atoms with van der Waals surface area (Å²) in [4.78, 5) is 4.09. The van der Waals surface area contributed by atoms with Crippen LogP contribution in [-0.2, 0) is 0 Å². The van der Waals surface area contributed by atoms with Gasteiger partial charge in [0.2, 0.25) is 0 Å². The molecular formula is C14H20FN3O. The maximum Gasteiger partial charge on any atom is 0.188 e. The second kappa shape index (κ2) is 8.13. The number of hydrogen-bond donors (Lipinski definition) is 2. The van der Waals surface area contributed by atoms with E-state index >= 15 is 0 Å². The second-order valence-corrected chi connectivity index (χ2v) is 4.24. The minimum Gasteiger partial charge on any atom is -0.494 e. The van der Waals surface area contributed by atoms with E-state index in [1.807, 2.05) is 6.92 Å². The molecule has 0 spiro atoms. The molecule has 3 N–H and O–H groups in total. The molecule has 0 aliphatic rings. The molecule has 104 valence electrons. The fourth-order valence-corrected chi connectivity index (χ4v) is 1.29. The van der Waals surface area contributed by atoms with E-state index in [2.05, 4.69) is 16.9 Å². The fraction of sp³-hybridized carbons (Fsp3) is 0.357. The van der Waals surface area contributed by atoms with Gasteiger partial charge in [0.1, 0.15) is 11.6 Å². The first-order chi connectivity index (χ1) is 9.08. The number of ether oxygens (including phenoxy) is 1. The lowest BCUT2D eigenvalue weighted by Gasteiger charge is -2.07. The number of aliphatic imine (C=N–C) groups is 1. The van der Waals surface area contributed by atoms with Crippen LogP contribution in [0, 0.1) is 5.82 Å². The van der Waals surface area contributed by atoms with E-state index in [0.29, 0.717) is 31.4 Å². The van der Waals surface area contributed by atoms with Crippen molar-refractivity contribution in [3.8, 4) is 5.75 Å². The third-order valence-corrected chi connectivity index (χ3v) is 2.23. The monoisotopic (exact) mass is 265 g/mol. The molecule has 19 heavy (non-hydrogen) atoms. The molecule has 0 unspecified atom stereocenters. The van der Waals surface area contributed by atoms with Crippen molar-refractivity contribution in [3.63, 3.8) is 0 Å². The predicted octanol–water partition coefficient (Wildman–Crippen LogP) is 2.07. The number of nitrogens with two attached hydrogens (primary N) is 1. The predicted molar refractivity (Wildman–Crippen MR) is 75.8 cm³/mol. The third-order valence-electron chi connectivity index (χ3n) is 2.23. The van der Waals surface area contributed by atoms with Gasteiger partial charge >= 0.3 is 0 Å². The molecule has 0 bridgehead atoms. The lowest BCUT2D eigenvalue weighted by atomic mass is 10.3. The number of nitrogens with zero attached hydrogens (tertiary/aromatic N) is 1. The molecule has 1 rings (SSSR count). The van der Waals surface area contributed by atoms with Crippen LogP contribution in [0.3, 0.4) is 0 Å². The first kappa shape index (κ1) is 15.0. The summed E-state index contributed by atoms with van der Waals surface area (Å²) in [7, 11) is 0. The minimum atomic E-state index is -0.268. The summed E-state index contributed by atoms with van der Waals surface area (Å²) in [6.07, 6.45) is 0.778. The van der Waals surface area contributed by atoms with Crippen LogP contribution in [0.2, 0.25) is 0 Å². The molecule has 5 heteroatoms. The van der Waals surface area contributed by atoms with E-state index in [-0.39, 0.29) is 5.82 Å². The van der Waals surface area contributed by atoms with Crippen molar-refractivity contribution in [1.82, 2.24) is 5.32 Å². The van der Waals surface area contributed by atoms with Gasteiger partial charge in [-0.25, -0.2) is 9.38 Å². The highest BCUT2D eigenvalue weighted by atomic mass is 19.1. The highest BCUT2D eigenvalue weighted by molar-refractivity contribution is 5.77. The largest absolute Gasteiger partial charge is 0.494 e. The van der Waals surface area contributed by atoms with Gasteiger partial charge in [-0.05, 0) is 37.6 Å². The van der Waals surface area contributed by atoms with E-state index in [1.54, 1.807) is 12.1 Å². The van der Waals surface area contributed by atoms with Crippen molar-refractivity contribution in [3.05, 3.63) is 42.2 Å². The number of hydrogen-bond acceptors (Lipinski definition) is 2. The van der Waals surface area contributed by atoms with Crippen LogP contribution in [0.15, 0.2) is 41.4 Å². The average Bonchev–Trinajstić information content (AvgIpc) is 2.38. The first-order valence-corrected chi connectivity index (χ1v) is 6.14.